The summed E-state index contributed by atoms with van der Waals surface area (Å²) in [7, 11) is 0. The number of benzene rings is 3. The average molecular weight is 448 g/mol. The van der Waals surface area contributed by atoms with E-state index < -0.39 is 11.4 Å². The van der Waals surface area contributed by atoms with Crippen molar-refractivity contribution in [3.05, 3.63) is 88.5 Å². The van der Waals surface area contributed by atoms with Gasteiger partial charge in [-0.1, -0.05) is 36.0 Å². The van der Waals surface area contributed by atoms with Crippen molar-refractivity contribution in [2.75, 3.05) is 19.0 Å². The molecule has 4 aromatic rings. The van der Waals surface area contributed by atoms with Gasteiger partial charge < -0.3 is 9.47 Å². The number of carbonyl (C=O) groups excluding carboxylic acids is 1. The third-order valence-electron chi connectivity index (χ3n) is 5.03. The minimum atomic E-state index is -0.549. The largest absolute Gasteiger partial charge is 0.486 e. The Kier molecular flexibility index (Phi) is 5.36. The van der Waals surface area contributed by atoms with Crippen molar-refractivity contribution >= 4 is 28.4 Å². The molecule has 1 aliphatic rings. The second kappa shape index (κ2) is 8.47. The summed E-state index contributed by atoms with van der Waals surface area (Å²) in [4.78, 5) is 30.6. The van der Waals surface area contributed by atoms with Crippen molar-refractivity contribution in [1.82, 2.24) is 9.55 Å². The summed E-state index contributed by atoms with van der Waals surface area (Å²) in [6, 6.07) is 17.9. The van der Waals surface area contributed by atoms with Crippen LogP contribution in [-0.2, 0) is 0 Å². The number of para-hydroxylation sites is 2. The number of ketones is 1. The molecule has 0 N–H and O–H groups in total. The van der Waals surface area contributed by atoms with Gasteiger partial charge in [0.1, 0.15) is 19.0 Å². The summed E-state index contributed by atoms with van der Waals surface area (Å²) in [5.74, 6) is 0.421. The number of fused-ring (bicyclic) bond motifs is 2. The molecule has 0 amide bonds. The number of nitrogens with zero attached hydrogens (tertiary/aromatic N) is 2. The molecule has 0 unspecified atom stereocenters. The van der Waals surface area contributed by atoms with Gasteiger partial charge in [-0.15, -0.1) is 0 Å². The van der Waals surface area contributed by atoms with Crippen LogP contribution in [0.4, 0.5) is 4.39 Å². The van der Waals surface area contributed by atoms with E-state index in [0.717, 1.165) is 11.8 Å². The molecule has 0 fully saturated rings. The molecule has 1 aromatic heterocycles. The predicted molar refractivity (Wildman–Crippen MR) is 120 cm³/mol. The van der Waals surface area contributed by atoms with E-state index in [4.69, 9.17) is 9.47 Å². The molecule has 2 heterocycles. The topological polar surface area (TPSA) is 70.4 Å². The Labute approximate surface area is 186 Å². The van der Waals surface area contributed by atoms with Gasteiger partial charge in [0.25, 0.3) is 5.56 Å². The Hall–Kier alpha value is -3.65. The Morgan fingerprint density at radius 1 is 1.00 bits per heavy atom. The molecule has 32 heavy (non-hydrogen) atoms. The van der Waals surface area contributed by atoms with Gasteiger partial charge in [0, 0.05) is 5.56 Å². The molecule has 1 aliphatic heterocycles. The molecule has 0 bridgehead atoms. The van der Waals surface area contributed by atoms with Crippen LogP contribution in [0.3, 0.4) is 0 Å². The van der Waals surface area contributed by atoms with E-state index >= 15 is 0 Å². The smallest absolute Gasteiger partial charge is 0.266 e. The van der Waals surface area contributed by atoms with Gasteiger partial charge in [0.15, 0.2) is 22.4 Å². The van der Waals surface area contributed by atoms with Crippen LogP contribution in [0.5, 0.6) is 11.5 Å². The highest BCUT2D eigenvalue weighted by molar-refractivity contribution is 7.99. The molecule has 0 saturated carbocycles. The third-order valence-corrected chi connectivity index (χ3v) is 5.97. The fourth-order valence-electron chi connectivity index (χ4n) is 3.48. The second-order valence-corrected chi connectivity index (χ2v) is 8.02. The standard InChI is InChI=1S/C24H17FN2O4S/c25-17-6-2-4-8-19(17)27-23(29)16-5-1-3-7-18(16)26-24(27)32-14-20(28)15-9-10-21-22(13-15)31-12-11-30-21/h1-10,13H,11-12,14H2. The van der Waals surface area contributed by atoms with Crippen LogP contribution in [0, 0.1) is 5.82 Å². The monoisotopic (exact) mass is 448 g/mol. The second-order valence-electron chi connectivity index (χ2n) is 7.07. The summed E-state index contributed by atoms with van der Waals surface area (Å²) in [6.45, 7) is 0.896. The highest BCUT2D eigenvalue weighted by Crippen LogP contribution is 2.31. The molecule has 160 valence electrons. The van der Waals surface area contributed by atoms with E-state index in [0.29, 0.717) is 41.2 Å². The minimum absolute atomic E-state index is 0.0128. The molecular weight excluding hydrogens is 431 g/mol. The molecule has 5 rings (SSSR count). The molecule has 3 aromatic carbocycles. The SMILES string of the molecule is O=C(CSc1nc2ccccc2c(=O)n1-c1ccccc1F)c1ccc2c(c1)OCCO2. The van der Waals surface area contributed by atoms with Gasteiger partial charge in [-0.2, -0.15) is 0 Å². The van der Waals surface area contributed by atoms with Crippen LogP contribution in [0.2, 0.25) is 0 Å². The molecule has 0 spiro atoms. The Bertz CT molecular complexity index is 1400. The van der Waals surface area contributed by atoms with Crippen molar-refractivity contribution < 1.29 is 18.7 Å². The maximum absolute atomic E-state index is 14.6. The van der Waals surface area contributed by atoms with Crippen LogP contribution in [0.15, 0.2) is 76.7 Å². The first-order chi connectivity index (χ1) is 15.6. The van der Waals surface area contributed by atoms with Crippen LogP contribution < -0.4 is 15.0 Å². The van der Waals surface area contributed by atoms with Crippen LogP contribution in [-0.4, -0.2) is 34.3 Å². The van der Waals surface area contributed by atoms with E-state index in [1.165, 1.54) is 16.7 Å². The first-order valence-electron chi connectivity index (χ1n) is 9.94. The maximum Gasteiger partial charge on any atom is 0.266 e. The Morgan fingerprint density at radius 2 is 1.75 bits per heavy atom. The number of halogens is 1. The number of Topliss-reactive ketones (excluding diaryl/α,β-unsaturated/α-hetero) is 1. The Morgan fingerprint density at radius 3 is 2.59 bits per heavy atom. The lowest BCUT2D eigenvalue weighted by Crippen LogP contribution is -2.23. The van der Waals surface area contributed by atoms with Crippen LogP contribution >= 0.6 is 11.8 Å². The number of thioether (sulfide) groups is 1. The van der Waals surface area contributed by atoms with Crippen LogP contribution in [0.25, 0.3) is 16.6 Å². The quantitative estimate of drug-likeness (QED) is 0.258. The normalized spacial score (nSPS) is 12.7. The first kappa shape index (κ1) is 20.3. The van der Waals surface area contributed by atoms with Crippen molar-refractivity contribution in [1.29, 1.82) is 0 Å². The number of rotatable bonds is 5. The van der Waals surface area contributed by atoms with Gasteiger partial charge in [0.2, 0.25) is 0 Å². The molecule has 0 saturated heterocycles. The molecular formula is C24H17FN2O4S. The lowest BCUT2D eigenvalue weighted by atomic mass is 10.1. The zero-order chi connectivity index (χ0) is 22.1. The number of aromatic nitrogens is 2. The van der Waals surface area contributed by atoms with Gasteiger partial charge in [-0.25, -0.2) is 9.37 Å². The fourth-order valence-corrected chi connectivity index (χ4v) is 4.39. The van der Waals surface area contributed by atoms with Crippen molar-refractivity contribution in [3.8, 4) is 17.2 Å². The minimum Gasteiger partial charge on any atom is -0.486 e. The molecule has 0 radical (unpaired) electrons. The summed E-state index contributed by atoms with van der Waals surface area (Å²) < 4.78 is 26.8. The van der Waals surface area contributed by atoms with Crippen molar-refractivity contribution in [2.45, 2.75) is 5.16 Å². The zero-order valence-electron chi connectivity index (χ0n) is 16.8. The summed E-state index contributed by atoms with van der Waals surface area (Å²) >= 11 is 1.08. The highest BCUT2D eigenvalue weighted by Gasteiger charge is 2.19. The van der Waals surface area contributed by atoms with Crippen molar-refractivity contribution in [2.24, 2.45) is 0 Å². The Balaban J connectivity index is 1.51. The number of hydrogen-bond donors (Lipinski definition) is 0. The first-order valence-corrected chi connectivity index (χ1v) is 10.9. The number of ether oxygens (including phenoxy) is 2. The van der Waals surface area contributed by atoms with E-state index in [1.807, 2.05) is 0 Å². The lowest BCUT2D eigenvalue weighted by Gasteiger charge is -2.18. The van der Waals surface area contributed by atoms with E-state index in [2.05, 4.69) is 4.98 Å². The summed E-state index contributed by atoms with van der Waals surface area (Å²) in [5, 5.41) is 0.614. The van der Waals surface area contributed by atoms with E-state index in [-0.39, 0.29) is 22.4 Å². The summed E-state index contributed by atoms with van der Waals surface area (Å²) in [6.07, 6.45) is 0. The molecule has 8 heteroatoms. The van der Waals surface area contributed by atoms with Gasteiger partial charge in [-0.05, 0) is 42.5 Å². The van der Waals surface area contributed by atoms with E-state index in [1.54, 1.807) is 54.6 Å². The highest BCUT2D eigenvalue weighted by atomic mass is 32.2. The maximum atomic E-state index is 14.6. The molecule has 6 nitrogen and oxygen atoms in total. The van der Waals surface area contributed by atoms with Gasteiger partial charge >= 0.3 is 0 Å². The third kappa shape index (κ3) is 3.73. The number of carbonyl (C=O) groups is 1. The van der Waals surface area contributed by atoms with Crippen molar-refractivity contribution in [3.63, 3.8) is 0 Å². The van der Waals surface area contributed by atoms with Crippen LogP contribution in [0.1, 0.15) is 10.4 Å². The predicted octanol–water partition coefficient (Wildman–Crippen LogP) is 4.27. The van der Waals surface area contributed by atoms with Gasteiger partial charge in [0.05, 0.1) is 22.3 Å². The lowest BCUT2D eigenvalue weighted by molar-refractivity contribution is 0.102. The number of hydrogen-bond acceptors (Lipinski definition) is 6. The molecule has 0 aliphatic carbocycles. The van der Waals surface area contributed by atoms with E-state index in [9.17, 15) is 14.0 Å². The fraction of sp³-hybridized carbons (Fsp3) is 0.125. The average Bonchev–Trinajstić information content (AvgIpc) is 2.83. The van der Waals surface area contributed by atoms with Gasteiger partial charge in [-0.3, -0.25) is 14.2 Å². The summed E-state index contributed by atoms with van der Waals surface area (Å²) in [5.41, 5.74) is 0.640. The molecule has 0 atom stereocenters. The zero-order valence-corrected chi connectivity index (χ0v) is 17.6.